The number of hydrogen-bond acceptors (Lipinski definition) is 4. The van der Waals surface area contributed by atoms with Gasteiger partial charge in [-0.05, 0) is 41.3 Å². The molecular formula is C21H20N2O5. The lowest BCUT2D eigenvalue weighted by Gasteiger charge is -2.19. The van der Waals surface area contributed by atoms with E-state index in [9.17, 15) is 19.2 Å². The Labute approximate surface area is 162 Å². The van der Waals surface area contributed by atoms with E-state index in [2.05, 4.69) is 26.1 Å². The maximum absolute atomic E-state index is 12.5. The molecule has 0 saturated carbocycles. The van der Waals surface area contributed by atoms with Gasteiger partial charge in [-0.3, -0.25) is 24.1 Å². The van der Waals surface area contributed by atoms with Crippen LogP contribution in [-0.4, -0.2) is 40.2 Å². The number of rotatable bonds is 4. The number of benzene rings is 2. The molecule has 0 aromatic heterocycles. The fourth-order valence-electron chi connectivity index (χ4n) is 2.97. The van der Waals surface area contributed by atoms with E-state index in [1.807, 2.05) is 12.1 Å². The van der Waals surface area contributed by atoms with Gasteiger partial charge in [0, 0.05) is 11.3 Å². The summed E-state index contributed by atoms with van der Waals surface area (Å²) in [4.78, 5) is 48.5. The number of carbonyl (C=O) groups excluding carboxylic acids is 3. The highest BCUT2D eigenvalue weighted by atomic mass is 16.4. The summed E-state index contributed by atoms with van der Waals surface area (Å²) in [5.41, 5.74) is 2.09. The first kappa shape index (κ1) is 19.3. The Morgan fingerprint density at radius 1 is 0.964 bits per heavy atom. The van der Waals surface area contributed by atoms with E-state index in [0.717, 1.165) is 5.56 Å². The number of anilines is 1. The van der Waals surface area contributed by atoms with Crippen LogP contribution in [0.2, 0.25) is 0 Å². The van der Waals surface area contributed by atoms with Crippen LogP contribution in [0.25, 0.3) is 0 Å². The van der Waals surface area contributed by atoms with Crippen LogP contribution in [-0.2, 0) is 10.2 Å². The Hall–Kier alpha value is -3.48. The molecule has 0 unspecified atom stereocenters. The van der Waals surface area contributed by atoms with E-state index in [4.69, 9.17) is 5.11 Å². The fourth-order valence-corrected chi connectivity index (χ4v) is 2.97. The predicted octanol–water partition coefficient (Wildman–Crippen LogP) is 2.92. The van der Waals surface area contributed by atoms with Crippen LogP contribution < -0.4 is 5.32 Å². The number of carboxylic acids is 1. The Morgan fingerprint density at radius 3 is 2.14 bits per heavy atom. The molecular weight excluding hydrogens is 360 g/mol. The first-order valence-corrected chi connectivity index (χ1v) is 8.72. The number of carboxylic acid groups (broad SMARTS) is 1. The molecule has 7 heteroatoms. The Bertz CT molecular complexity index is 987. The molecule has 1 aliphatic rings. The van der Waals surface area contributed by atoms with Crippen LogP contribution in [0, 0.1) is 0 Å². The molecule has 0 radical (unpaired) electrons. The molecule has 1 aliphatic heterocycles. The summed E-state index contributed by atoms with van der Waals surface area (Å²) < 4.78 is 0. The molecule has 0 atom stereocenters. The largest absolute Gasteiger partial charge is 0.480 e. The van der Waals surface area contributed by atoms with Gasteiger partial charge >= 0.3 is 5.97 Å². The van der Waals surface area contributed by atoms with Crippen LogP contribution in [0.5, 0.6) is 0 Å². The van der Waals surface area contributed by atoms with Crippen LogP contribution in [0.15, 0.2) is 42.5 Å². The van der Waals surface area contributed by atoms with Gasteiger partial charge in [0.1, 0.15) is 6.54 Å². The summed E-state index contributed by atoms with van der Waals surface area (Å²) in [6.07, 6.45) is 0. The van der Waals surface area contributed by atoms with E-state index in [0.29, 0.717) is 16.2 Å². The third-order valence-corrected chi connectivity index (χ3v) is 4.54. The zero-order valence-electron chi connectivity index (χ0n) is 15.8. The van der Waals surface area contributed by atoms with Crippen molar-refractivity contribution in [2.24, 2.45) is 0 Å². The minimum atomic E-state index is -1.28. The lowest BCUT2D eigenvalue weighted by Crippen LogP contribution is -2.34. The van der Waals surface area contributed by atoms with E-state index >= 15 is 0 Å². The number of imide groups is 1. The highest BCUT2D eigenvalue weighted by molar-refractivity contribution is 6.22. The molecule has 0 fully saturated rings. The smallest absolute Gasteiger partial charge is 0.323 e. The first-order valence-electron chi connectivity index (χ1n) is 8.72. The average molecular weight is 380 g/mol. The highest BCUT2D eigenvalue weighted by Crippen LogP contribution is 2.26. The SMILES string of the molecule is CC(C)(C)c1ccc(C(=O)Nc2ccc3c(c2)C(=O)N(CC(=O)O)C3=O)cc1. The van der Waals surface area contributed by atoms with Crippen molar-refractivity contribution in [1.29, 1.82) is 0 Å². The third-order valence-electron chi connectivity index (χ3n) is 4.54. The van der Waals surface area contributed by atoms with Crippen molar-refractivity contribution in [3.63, 3.8) is 0 Å². The van der Waals surface area contributed by atoms with Gasteiger partial charge < -0.3 is 10.4 Å². The molecule has 1 heterocycles. The van der Waals surface area contributed by atoms with E-state index in [1.165, 1.54) is 18.2 Å². The topological polar surface area (TPSA) is 104 Å². The van der Waals surface area contributed by atoms with Gasteiger partial charge in [0.25, 0.3) is 17.7 Å². The van der Waals surface area contributed by atoms with Gasteiger partial charge in [0.15, 0.2) is 0 Å². The summed E-state index contributed by atoms with van der Waals surface area (Å²) in [5, 5.41) is 11.6. The summed E-state index contributed by atoms with van der Waals surface area (Å²) in [7, 11) is 0. The maximum Gasteiger partial charge on any atom is 0.323 e. The van der Waals surface area contributed by atoms with Gasteiger partial charge in [-0.15, -0.1) is 0 Å². The number of nitrogens with one attached hydrogen (secondary N) is 1. The maximum atomic E-state index is 12.5. The van der Waals surface area contributed by atoms with Gasteiger partial charge in [0.2, 0.25) is 0 Å². The van der Waals surface area contributed by atoms with E-state index in [1.54, 1.807) is 12.1 Å². The van der Waals surface area contributed by atoms with Crippen LogP contribution in [0.3, 0.4) is 0 Å². The molecule has 7 nitrogen and oxygen atoms in total. The van der Waals surface area contributed by atoms with E-state index in [-0.39, 0.29) is 22.4 Å². The monoisotopic (exact) mass is 380 g/mol. The molecule has 3 amide bonds. The third kappa shape index (κ3) is 3.64. The van der Waals surface area contributed by atoms with Crippen LogP contribution >= 0.6 is 0 Å². The molecule has 0 aliphatic carbocycles. The average Bonchev–Trinajstić information content (AvgIpc) is 2.85. The number of aliphatic carboxylic acids is 1. The standard InChI is InChI=1S/C21H20N2O5/c1-21(2,3)13-6-4-12(5-7-13)18(26)22-14-8-9-15-16(10-14)20(28)23(19(15)27)11-17(24)25/h4-10H,11H2,1-3H3,(H,22,26)(H,24,25). The number of nitrogens with zero attached hydrogens (tertiary/aromatic N) is 1. The molecule has 3 rings (SSSR count). The van der Waals surface area contributed by atoms with Crippen molar-refractivity contribution in [1.82, 2.24) is 4.90 Å². The Morgan fingerprint density at radius 2 is 1.57 bits per heavy atom. The number of fused-ring (bicyclic) bond motifs is 1. The second kappa shape index (κ2) is 6.92. The van der Waals surface area contributed by atoms with Crippen LogP contribution in [0.4, 0.5) is 5.69 Å². The second-order valence-electron chi connectivity index (χ2n) is 7.63. The lowest BCUT2D eigenvalue weighted by atomic mass is 9.87. The molecule has 28 heavy (non-hydrogen) atoms. The Kier molecular flexibility index (Phi) is 4.77. The minimum absolute atomic E-state index is 0.0241. The zero-order chi connectivity index (χ0) is 20.6. The number of hydrogen-bond donors (Lipinski definition) is 2. The van der Waals surface area contributed by atoms with Crippen molar-refractivity contribution < 1.29 is 24.3 Å². The Balaban J connectivity index is 1.79. The molecule has 2 aromatic carbocycles. The van der Waals surface area contributed by atoms with Crippen molar-refractivity contribution in [3.05, 3.63) is 64.7 Å². The predicted molar refractivity (Wildman–Crippen MR) is 103 cm³/mol. The number of amides is 3. The van der Waals surface area contributed by atoms with Crippen molar-refractivity contribution in [2.75, 3.05) is 11.9 Å². The summed E-state index contributed by atoms with van der Waals surface area (Å²) in [6, 6.07) is 11.6. The van der Waals surface area contributed by atoms with Gasteiger partial charge in [-0.25, -0.2) is 0 Å². The van der Waals surface area contributed by atoms with Gasteiger partial charge in [-0.1, -0.05) is 32.9 Å². The van der Waals surface area contributed by atoms with E-state index < -0.39 is 24.3 Å². The first-order chi connectivity index (χ1) is 13.1. The lowest BCUT2D eigenvalue weighted by molar-refractivity contribution is -0.137. The molecule has 2 N–H and O–H groups in total. The number of carbonyl (C=O) groups is 4. The van der Waals surface area contributed by atoms with Crippen molar-refractivity contribution >= 4 is 29.4 Å². The van der Waals surface area contributed by atoms with Crippen LogP contribution in [0.1, 0.15) is 57.4 Å². The molecule has 0 spiro atoms. The second-order valence-corrected chi connectivity index (χ2v) is 7.63. The highest BCUT2D eigenvalue weighted by Gasteiger charge is 2.36. The van der Waals surface area contributed by atoms with Crippen molar-refractivity contribution in [2.45, 2.75) is 26.2 Å². The summed E-state index contributed by atoms with van der Waals surface area (Å²) in [5.74, 6) is -2.97. The van der Waals surface area contributed by atoms with Gasteiger partial charge in [0.05, 0.1) is 11.1 Å². The molecule has 0 bridgehead atoms. The fraction of sp³-hybridized carbons (Fsp3) is 0.238. The molecule has 2 aromatic rings. The zero-order valence-corrected chi connectivity index (χ0v) is 15.8. The quantitative estimate of drug-likeness (QED) is 0.794. The molecule has 144 valence electrons. The molecule has 0 saturated heterocycles. The minimum Gasteiger partial charge on any atom is -0.480 e. The summed E-state index contributed by atoms with van der Waals surface area (Å²) in [6.45, 7) is 5.55. The summed E-state index contributed by atoms with van der Waals surface area (Å²) >= 11 is 0. The van der Waals surface area contributed by atoms with Gasteiger partial charge in [-0.2, -0.15) is 0 Å². The van der Waals surface area contributed by atoms with Crippen molar-refractivity contribution in [3.8, 4) is 0 Å². The normalized spacial score (nSPS) is 13.5.